The highest BCUT2D eigenvalue weighted by molar-refractivity contribution is 5.64. The average molecular weight is 392 g/mol. The summed E-state index contributed by atoms with van der Waals surface area (Å²) in [4.78, 5) is 9.12. The molecule has 0 radical (unpaired) electrons. The van der Waals surface area contributed by atoms with Crippen molar-refractivity contribution >= 4 is 11.3 Å². The van der Waals surface area contributed by atoms with Gasteiger partial charge in [-0.1, -0.05) is 0 Å². The molecule has 5 rings (SSSR count). The fourth-order valence-electron chi connectivity index (χ4n) is 4.61. The van der Waals surface area contributed by atoms with Crippen LogP contribution in [0, 0.1) is 19.7 Å². The number of halogens is 1. The minimum absolute atomic E-state index is 0.329. The molecule has 5 heterocycles. The van der Waals surface area contributed by atoms with E-state index in [0.717, 1.165) is 41.0 Å². The number of aromatic nitrogens is 5. The monoisotopic (exact) mass is 392 g/mol. The van der Waals surface area contributed by atoms with Gasteiger partial charge in [-0.15, -0.1) is 0 Å². The maximum Gasteiger partial charge on any atom is 0.173 e. The van der Waals surface area contributed by atoms with Crippen LogP contribution in [0.3, 0.4) is 0 Å². The SMILES string of the molecule is Cc1cn2nc(-c3cc(F)c4nc(C5C[C@@H](C)N[C@@H](C)C5)cn4c3)cc(C)c2n1. The molecule has 1 unspecified atom stereocenters. The summed E-state index contributed by atoms with van der Waals surface area (Å²) in [5.74, 6) is 0.0137. The molecule has 29 heavy (non-hydrogen) atoms. The quantitative estimate of drug-likeness (QED) is 0.559. The van der Waals surface area contributed by atoms with Gasteiger partial charge in [0.1, 0.15) is 0 Å². The maximum absolute atomic E-state index is 14.9. The Morgan fingerprint density at radius 1 is 1.00 bits per heavy atom. The first-order chi connectivity index (χ1) is 13.9. The van der Waals surface area contributed by atoms with Gasteiger partial charge in [0, 0.05) is 36.0 Å². The van der Waals surface area contributed by atoms with E-state index in [1.54, 1.807) is 8.92 Å². The van der Waals surface area contributed by atoms with E-state index in [1.165, 1.54) is 6.07 Å². The van der Waals surface area contributed by atoms with Gasteiger partial charge in [0.05, 0.1) is 23.3 Å². The van der Waals surface area contributed by atoms with Crippen LogP contribution < -0.4 is 5.32 Å². The molecule has 1 fully saturated rings. The smallest absolute Gasteiger partial charge is 0.173 e. The fourth-order valence-corrected chi connectivity index (χ4v) is 4.61. The molecule has 0 amide bonds. The van der Waals surface area contributed by atoms with Crippen molar-refractivity contribution in [3.63, 3.8) is 0 Å². The molecule has 0 aromatic carbocycles. The average Bonchev–Trinajstić information content (AvgIpc) is 3.24. The summed E-state index contributed by atoms with van der Waals surface area (Å²) in [7, 11) is 0. The third kappa shape index (κ3) is 3.19. The minimum Gasteiger partial charge on any atom is -0.312 e. The van der Waals surface area contributed by atoms with E-state index in [9.17, 15) is 4.39 Å². The zero-order valence-corrected chi connectivity index (χ0v) is 17.1. The second kappa shape index (κ2) is 6.62. The Balaban J connectivity index is 1.58. The Morgan fingerprint density at radius 2 is 1.76 bits per heavy atom. The van der Waals surface area contributed by atoms with Crippen molar-refractivity contribution in [1.82, 2.24) is 29.3 Å². The molecule has 0 aliphatic carbocycles. The standard InChI is InChI=1S/C22H25FN6/c1-12-5-19(27-29-9-15(4)25-21(12)29)17-8-18(23)22-26-20(11-28(22)10-17)16-6-13(2)24-14(3)7-16/h5,8-11,13-14,16,24H,6-7H2,1-4H3/t13-,14+,16?. The molecule has 6 nitrogen and oxygen atoms in total. The van der Waals surface area contributed by atoms with Crippen LogP contribution in [0.5, 0.6) is 0 Å². The molecule has 0 bridgehead atoms. The molecule has 1 aliphatic heterocycles. The lowest BCUT2D eigenvalue weighted by Crippen LogP contribution is -2.41. The van der Waals surface area contributed by atoms with Crippen molar-refractivity contribution < 1.29 is 4.39 Å². The van der Waals surface area contributed by atoms with Crippen LogP contribution in [0.2, 0.25) is 0 Å². The van der Waals surface area contributed by atoms with Gasteiger partial charge in [-0.05, 0) is 58.2 Å². The lowest BCUT2D eigenvalue weighted by molar-refractivity contribution is 0.314. The zero-order valence-electron chi connectivity index (χ0n) is 17.1. The van der Waals surface area contributed by atoms with Crippen LogP contribution >= 0.6 is 0 Å². The lowest BCUT2D eigenvalue weighted by Gasteiger charge is -2.31. The number of aryl methyl sites for hydroxylation is 2. The maximum atomic E-state index is 14.9. The van der Waals surface area contributed by atoms with Gasteiger partial charge in [0.2, 0.25) is 0 Å². The van der Waals surface area contributed by atoms with Crippen molar-refractivity contribution in [2.75, 3.05) is 0 Å². The molecule has 3 atom stereocenters. The minimum atomic E-state index is -0.329. The second-order valence-electron chi connectivity index (χ2n) is 8.47. The first-order valence-corrected chi connectivity index (χ1v) is 10.2. The Labute approximate surface area is 168 Å². The molecule has 0 saturated carbocycles. The summed E-state index contributed by atoms with van der Waals surface area (Å²) in [5, 5.41) is 8.19. The molecule has 0 spiro atoms. The highest BCUT2D eigenvalue weighted by atomic mass is 19.1. The molecule has 4 aromatic heterocycles. The Bertz CT molecular complexity index is 1210. The van der Waals surface area contributed by atoms with E-state index >= 15 is 0 Å². The molecule has 1 aliphatic rings. The first kappa shape index (κ1) is 18.2. The lowest BCUT2D eigenvalue weighted by atomic mass is 9.87. The zero-order chi connectivity index (χ0) is 20.3. The van der Waals surface area contributed by atoms with Crippen molar-refractivity contribution in [3.8, 4) is 11.3 Å². The number of pyridine rings is 1. The Morgan fingerprint density at radius 3 is 2.52 bits per heavy atom. The summed E-state index contributed by atoms with van der Waals surface area (Å²) in [6.07, 6.45) is 7.81. The van der Waals surface area contributed by atoms with Gasteiger partial charge in [-0.25, -0.2) is 18.9 Å². The third-order valence-electron chi connectivity index (χ3n) is 5.81. The van der Waals surface area contributed by atoms with E-state index in [-0.39, 0.29) is 5.82 Å². The summed E-state index contributed by atoms with van der Waals surface area (Å²) in [5.41, 5.74) is 5.52. The van der Waals surface area contributed by atoms with E-state index in [4.69, 9.17) is 0 Å². The molecule has 4 aromatic rings. The van der Waals surface area contributed by atoms with Gasteiger partial charge in [0.25, 0.3) is 0 Å². The molecule has 1 saturated heterocycles. The Hall–Kier alpha value is -2.80. The van der Waals surface area contributed by atoms with Crippen LogP contribution in [-0.2, 0) is 0 Å². The van der Waals surface area contributed by atoms with E-state index in [1.807, 2.05) is 38.5 Å². The van der Waals surface area contributed by atoms with E-state index in [0.29, 0.717) is 29.3 Å². The summed E-state index contributed by atoms with van der Waals surface area (Å²) in [6.45, 7) is 8.32. The normalized spacial score (nSPS) is 22.6. The van der Waals surface area contributed by atoms with Gasteiger partial charge in [-0.3, -0.25) is 0 Å². The number of piperidine rings is 1. The summed E-state index contributed by atoms with van der Waals surface area (Å²) in [6, 6.07) is 4.35. The molecular weight excluding hydrogens is 367 g/mol. The number of hydrogen-bond acceptors (Lipinski definition) is 4. The van der Waals surface area contributed by atoms with E-state index < -0.39 is 0 Å². The van der Waals surface area contributed by atoms with Crippen LogP contribution in [0.25, 0.3) is 22.6 Å². The molecule has 7 heteroatoms. The molecule has 150 valence electrons. The number of nitrogens with zero attached hydrogens (tertiary/aromatic N) is 5. The van der Waals surface area contributed by atoms with Crippen LogP contribution in [0.15, 0.2) is 30.7 Å². The fraction of sp³-hybridized carbons (Fsp3) is 0.409. The predicted molar refractivity (Wildman–Crippen MR) is 111 cm³/mol. The number of rotatable bonds is 2. The van der Waals surface area contributed by atoms with Gasteiger partial charge < -0.3 is 9.72 Å². The largest absolute Gasteiger partial charge is 0.312 e. The van der Waals surface area contributed by atoms with Crippen molar-refractivity contribution in [3.05, 3.63) is 53.5 Å². The third-order valence-corrected chi connectivity index (χ3v) is 5.81. The van der Waals surface area contributed by atoms with Crippen molar-refractivity contribution in [2.24, 2.45) is 0 Å². The molecular formula is C22H25FN6. The highest BCUT2D eigenvalue weighted by Crippen LogP contribution is 2.31. The van der Waals surface area contributed by atoms with Crippen molar-refractivity contribution in [2.45, 2.75) is 58.5 Å². The number of imidazole rings is 2. The number of nitrogens with one attached hydrogen (secondary N) is 1. The predicted octanol–water partition coefficient (Wildman–Crippen LogP) is 4.04. The number of fused-ring (bicyclic) bond motifs is 2. The topological polar surface area (TPSA) is 59.5 Å². The van der Waals surface area contributed by atoms with Crippen LogP contribution in [-0.4, -0.2) is 36.1 Å². The summed E-state index contributed by atoms with van der Waals surface area (Å²) >= 11 is 0. The van der Waals surface area contributed by atoms with Gasteiger partial charge >= 0.3 is 0 Å². The van der Waals surface area contributed by atoms with Gasteiger partial charge in [0.15, 0.2) is 17.1 Å². The van der Waals surface area contributed by atoms with E-state index in [2.05, 4.69) is 34.2 Å². The van der Waals surface area contributed by atoms with Crippen LogP contribution in [0.1, 0.15) is 49.6 Å². The van der Waals surface area contributed by atoms with Crippen molar-refractivity contribution in [1.29, 1.82) is 0 Å². The second-order valence-corrected chi connectivity index (χ2v) is 8.47. The van der Waals surface area contributed by atoms with Gasteiger partial charge in [-0.2, -0.15) is 5.10 Å². The molecule has 1 N–H and O–H groups in total. The summed E-state index contributed by atoms with van der Waals surface area (Å²) < 4.78 is 18.5. The first-order valence-electron chi connectivity index (χ1n) is 10.2. The Kier molecular flexibility index (Phi) is 4.17. The number of hydrogen-bond donors (Lipinski definition) is 1. The van der Waals surface area contributed by atoms with Crippen LogP contribution in [0.4, 0.5) is 4.39 Å². The highest BCUT2D eigenvalue weighted by Gasteiger charge is 2.26.